The molecule has 0 fully saturated rings. The second-order valence-corrected chi connectivity index (χ2v) is 6.42. The number of ketones is 1. The van der Waals surface area contributed by atoms with E-state index in [1.165, 1.54) is 0 Å². The van der Waals surface area contributed by atoms with Crippen molar-refractivity contribution in [3.63, 3.8) is 0 Å². The van der Waals surface area contributed by atoms with E-state index in [4.69, 9.17) is 4.74 Å². The van der Waals surface area contributed by atoms with Crippen LogP contribution in [0.15, 0.2) is 42.7 Å². The first kappa shape index (κ1) is 16.3. The van der Waals surface area contributed by atoms with Crippen molar-refractivity contribution in [2.24, 2.45) is 5.92 Å². The fourth-order valence-corrected chi connectivity index (χ4v) is 3.22. The normalized spacial score (nSPS) is 16.2. The SMILES string of the molecule is COc1ccc(Nc2nn(-c3ncccn3)c3c2C(=O)CC(C)C3)cc1. The zero-order chi connectivity index (χ0) is 18.1. The number of Topliss-reactive ketones (excluding diaryl/α,β-unsaturated/α-hetero) is 1. The monoisotopic (exact) mass is 349 g/mol. The number of methoxy groups -OCH3 is 1. The molecule has 1 unspecified atom stereocenters. The molecule has 0 saturated carbocycles. The van der Waals surface area contributed by atoms with Crippen LogP contribution in [0.25, 0.3) is 5.95 Å². The van der Waals surface area contributed by atoms with Crippen LogP contribution in [0.4, 0.5) is 11.5 Å². The van der Waals surface area contributed by atoms with Crippen LogP contribution in [-0.2, 0) is 6.42 Å². The summed E-state index contributed by atoms with van der Waals surface area (Å²) in [5, 5.41) is 7.87. The third-order valence-corrected chi connectivity index (χ3v) is 4.43. The molecule has 1 aromatic carbocycles. The lowest BCUT2D eigenvalue weighted by molar-refractivity contribution is 0.0953. The minimum absolute atomic E-state index is 0.0944. The Bertz CT molecular complexity index is 935. The minimum Gasteiger partial charge on any atom is -0.497 e. The first-order valence-electron chi connectivity index (χ1n) is 8.49. The Morgan fingerprint density at radius 3 is 2.58 bits per heavy atom. The zero-order valence-electron chi connectivity index (χ0n) is 14.6. The lowest BCUT2D eigenvalue weighted by Crippen LogP contribution is -2.20. The Morgan fingerprint density at radius 2 is 1.88 bits per heavy atom. The molecule has 7 nitrogen and oxygen atoms in total. The number of nitrogens with one attached hydrogen (secondary N) is 1. The van der Waals surface area contributed by atoms with Gasteiger partial charge in [0.05, 0.1) is 18.4 Å². The van der Waals surface area contributed by atoms with Crippen LogP contribution in [0, 0.1) is 5.92 Å². The summed E-state index contributed by atoms with van der Waals surface area (Å²) >= 11 is 0. The molecule has 7 heteroatoms. The second-order valence-electron chi connectivity index (χ2n) is 6.42. The molecule has 1 aliphatic rings. The number of rotatable bonds is 4. The fraction of sp³-hybridized carbons (Fsp3) is 0.263. The van der Waals surface area contributed by atoms with E-state index in [9.17, 15) is 4.79 Å². The largest absolute Gasteiger partial charge is 0.497 e. The van der Waals surface area contributed by atoms with Crippen LogP contribution >= 0.6 is 0 Å². The number of hydrogen-bond acceptors (Lipinski definition) is 6. The maximum atomic E-state index is 12.7. The topological polar surface area (TPSA) is 81.9 Å². The Morgan fingerprint density at radius 1 is 1.15 bits per heavy atom. The molecule has 0 radical (unpaired) electrons. The average molecular weight is 349 g/mol. The Balaban J connectivity index is 1.78. The van der Waals surface area contributed by atoms with Crippen LogP contribution in [-0.4, -0.2) is 32.6 Å². The molecule has 1 atom stereocenters. The van der Waals surface area contributed by atoms with Crippen molar-refractivity contribution in [2.75, 3.05) is 12.4 Å². The molecule has 0 bridgehead atoms. The third-order valence-electron chi connectivity index (χ3n) is 4.43. The number of carbonyl (C=O) groups excluding carboxylic acids is 1. The summed E-state index contributed by atoms with van der Waals surface area (Å²) in [6.45, 7) is 2.07. The third kappa shape index (κ3) is 2.92. The summed E-state index contributed by atoms with van der Waals surface area (Å²) < 4.78 is 6.86. The predicted molar refractivity (Wildman–Crippen MR) is 97.2 cm³/mol. The van der Waals surface area contributed by atoms with Gasteiger partial charge in [0.15, 0.2) is 11.6 Å². The molecule has 0 amide bonds. The maximum Gasteiger partial charge on any atom is 0.250 e. The van der Waals surface area contributed by atoms with Gasteiger partial charge in [-0.3, -0.25) is 4.79 Å². The van der Waals surface area contributed by atoms with Gasteiger partial charge >= 0.3 is 0 Å². The molecule has 132 valence electrons. The highest BCUT2D eigenvalue weighted by Crippen LogP contribution is 2.33. The van der Waals surface area contributed by atoms with E-state index in [-0.39, 0.29) is 11.7 Å². The van der Waals surface area contributed by atoms with Crippen molar-refractivity contribution >= 4 is 17.3 Å². The molecule has 2 aromatic heterocycles. The summed E-state index contributed by atoms with van der Waals surface area (Å²) in [6.07, 6.45) is 4.62. The first-order chi connectivity index (χ1) is 12.7. The molecular formula is C19H19N5O2. The highest BCUT2D eigenvalue weighted by molar-refractivity contribution is 6.03. The first-order valence-corrected chi connectivity index (χ1v) is 8.49. The molecular weight excluding hydrogens is 330 g/mol. The number of ether oxygens (including phenoxy) is 1. The van der Waals surface area contributed by atoms with Crippen molar-refractivity contribution in [1.29, 1.82) is 0 Å². The van der Waals surface area contributed by atoms with E-state index < -0.39 is 0 Å². The summed E-state index contributed by atoms with van der Waals surface area (Å²) in [5.74, 6) is 2.13. The lowest BCUT2D eigenvalue weighted by Gasteiger charge is -2.18. The van der Waals surface area contributed by atoms with Gasteiger partial charge in [0.2, 0.25) is 0 Å². The standard InChI is InChI=1S/C19H19N5O2/c1-12-10-15-17(16(25)11-12)18(22-13-4-6-14(26-2)7-5-13)23-24(15)19-20-8-3-9-21-19/h3-9,12H,10-11H2,1-2H3,(H,22,23). The average Bonchev–Trinajstić information content (AvgIpc) is 3.01. The van der Waals surface area contributed by atoms with E-state index in [1.807, 2.05) is 24.3 Å². The van der Waals surface area contributed by atoms with Crippen molar-refractivity contribution in [2.45, 2.75) is 19.8 Å². The minimum atomic E-state index is 0.0944. The smallest absolute Gasteiger partial charge is 0.250 e. The van der Waals surface area contributed by atoms with E-state index in [0.29, 0.717) is 23.8 Å². The van der Waals surface area contributed by atoms with Crippen LogP contribution in [0.2, 0.25) is 0 Å². The maximum absolute atomic E-state index is 12.7. The van der Waals surface area contributed by atoms with Gasteiger partial charge in [0.25, 0.3) is 5.95 Å². The van der Waals surface area contributed by atoms with Gasteiger partial charge in [-0.2, -0.15) is 0 Å². The molecule has 2 heterocycles. The number of hydrogen-bond donors (Lipinski definition) is 1. The van der Waals surface area contributed by atoms with Gasteiger partial charge < -0.3 is 10.1 Å². The number of anilines is 2. The van der Waals surface area contributed by atoms with Crippen LogP contribution in [0.1, 0.15) is 29.4 Å². The zero-order valence-corrected chi connectivity index (χ0v) is 14.6. The van der Waals surface area contributed by atoms with Gasteiger partial charge in [-0.25, -0.2) is 14.6 Å². The number of aromatic nitrogens is 4. The molecule has 26 heavy (non-hydrogen) atoms. The Kier molecular flexibility index (Phi) is 4.12. The van der Waals surface area contributed by atoms with Crippen LogP contribution < -0.4 is 10.1 Å². The van der Waals surface area contributed by atoms with Crippen molar-refractivity contribution < 1.29 is 9.53 Å². The van der Waals surface area contributed by atoms with Crippen LogP contribution in [0.3, 0.4) is 0 Å². The Labute approximate surface area is 151 Å². The highest BCUT2D eigenvalue weighted by Gasteiger charge is 2.31. The number of carbonyl (C=O) groups is 1. The van der Waals surface area contributed by atoms with Gasteiger partial charge in [0.1, 0.15) is 5.75 Å². The van der Waals surface area contributed by atoms with E-state index in [1.54, 1.807) is 30.3 Å². The summed E-state index contributed by atoms with van der Waals surface area (Å²) in [6, 6.07) is 9.24. The predicted octanol–water partition coefficient (Wildman–Crippen LogP) is 3.18. The van der Waals surface area contributed by atoms with E-state index in [0.717, 1.165) is 23.6 Å². The van der Waals surface area contributed by atoms with Crippen LogP contribution in [0.5, 0.6) is 5.75 Å². The lowest BCUT2D eigenvalue weighted by atomic mass is 9.88. The Hall–Kier alpha value is -3.22. The second kappa shape index (κ2) is 6.59. The molecule has 1 N–H and O–H groups in total. The van der Waals surface area contributed by atoms with Gasteiger partial charge in [-0.1, -0.05) is 6.92 Å². The van der Waals surface area contributed by atoms with Gasteiger partial charge in [-0.05, 0) is 42.7 Å². The number of benzene rings is 1. The molecule has 0 saturated heterocycles. The molecule has 3 aromatic rings. The summed E-state index contributed by atoms with van der Waals surface area (Å²) in [7, 11) is 1.63. The highest BCUT2D eigenvalue weighted by atomic mass is 16.5. The molecule has 1 aliphatic carbocycles. The molecule has 0 spiro atoms. The molecule has 4 rings (SSSR count). The van der Waals surface area contributed by atoms with E-state index in [2.05, 4.69) is 27.3 Å². The van der Waals surface area contributed by atoms with E-state index >= 15 is 0 Å². The number of fused-ring (bicyclic) bond motifs is 1. The van der Waals surface area contributed by atoms with Crippen molar-refractivity contribution in [1.82, 2.24) is 19.7 Å². The molecule has 0 aliphatic heterocycles. The quantitative estimate of drug-likeness (QED) is 0.779. The summed E-state index contributed by atoms with van der Waals surface area (Å²) in [4.78, 5) is 21.3. The van der Waals surface area contributed by atoms with Gasteiger partial charge in [0, 0.05) is 24.5 Å². The van der Waals surface area contributed by atoms with Gasteiger partial charge in [-0.15, -0.1) is 5.10 Å². The van der Waals surface area contributed by atoms with Crippen molar-refractivity contribution in [3.8, 4) is 11.7 Å². The van der Waals surface area contributed by atoms with Crippen molar-refractivity contribution in [3.05, 3.63) is 54.0 Å². The summed E-state index contributed by atoms with van der Waals surface area (Å²) in [5.41, 5.74) is 2.32. The fourth-order valence-electron chi connectivity index (χ4n) is 3.22. The number of nitrogens with zero attached hydrogens (tertiary/aromatic N) is 4.